The molecule has 1 saturated heterocycles. The number of likely N-dealkylation sites (N-methyl/N-ethyl adjacent to an activating group) is 1. The molecule has 4 N–H and O–H groups in total. The Kier molecular flexibility index (Phi) is 4.95. The van der Waals surface area contributed by atoms with Crippen molar-refractivity contribution in [1.82, 2.24) is 10.6 Å². The first kappa shape index (κ1) is 12.9. The van der Waals surface area contributed by atoms with E-state index in [1.807, 2.05) is 0 Å². The quantitative estimate of drug-likeness (QED) is 0.461. The Balaban J connectivity index is 2.49. The minimum absolute atomic E-state index is 0.0930. The monoisotopic (exact) mass is 218 g/mol. The van der Waals surface area contributed by atoms with Crippen LogP contribution >= 0.6 is 0 Å². The first-order valence-electron chi connectivity index (χ1n) is 5.45. The van der Waals surface area contributed by atoms with E-state index in [0.29, 0.717) is 12.6 Å². The number of hydrogen-bond acceptors (Lipinski definition) is 5. The van der Waals surface area contributed by atoms with Crippen molar-refractivity contribution < 1.29 is 14.9 Å². The van der Waals surface area contributed by atoms with Gasteiger partial charge in [-0.3, -0.25) is 0 Å². The minimum atomic E-state index is -0.640. The fourth-order valence-corrected chi connectivity index (χ4v) is 1.88. The van der Waals surface area contributed by atoms with Crippen molar-refractivity contribution in [3.05, 3.63) is 0 Å². The molecule has 0 aromatic rings. The van der Waals surface area contributed by atoms with Gasteiger partial charge in [0.15, 0.2) is 0 Å². The van der Waals surface area contributed by atoms with E-state index in [1.165, 1.54) is 0 Å². The fraction of sp³-hybridized carbons (Fsp3) is 1.00. The standard InChI is InChI=1S/C10H22N2O3/c1-6(2)12-4-7-9(11-3)10(14)8(5-13)15-7/h6-14H,4-5H2,1-3H3. The molecule has 0 aromatic heterocycles. The second-order valence-electron chi connectivity index (χ2n) is 4.26. The maximum Gasteiger partial charge on any atom is 0.108 e. The van der Waals surface area contributed by atoms with Gasteiger partial charge in [-0.15, -0.1) is 0 Å². The summed E-state index contributed by atoms with van der Waals surface area (Å²) in [4.78, 5) is 0. The summed E-state index contributed by atoms with van der Waals surface area (Å²) < 4.78 is 5.55. The van der Waals surface area contributed by atoms with Crippen LogP contribution in [0, 0.1) is 0 Å². The van der Waals surface area contributed by atoms with Crippen LogP contribution in [-0.2, 0) is 4.74 Å². The molecule has 0 radical (unpaired) electrons. The predicted octanol–water partition coefficient (Wildman–Crippen LogP) is -1.31. The molecule has 1 heterocycles. The number of ether oxygens (including phenoxy) is 1. The van der Waals surface area contributed by atoms with Crippen molar-refractivity contribution in [2.24, 2.45) is 0 Å². The van der Waals surface area contributed by atoms with E-state index in [9.17, 15) is 5.11 Å². The summed E-state index contributed by atoms with van der Waals surface area (Å²) in [6, 6.07) is 0.268. The van der Waals surface area contributed by atoms with E-state index in [1.54, 1.807) is 7.05 Å². The van der Waals surface area contributed by atoms with Gasteiger partial charge < -0.3 is 25.6 Å². The molecule has 0 saturated carbocycles. The average molecular weight is 218 g/mol. The molecule has 0 spiro atoms. The maximum atomic E-state index is 9.81. The Hall–Kier alpha value is -0.200. The van der Waals surface area contributed by atoms with E-state index in [4.69, 9.17) is 9.84 Å². The molecule has 1 aliphatic rings. The van der Waals surface area contributed by atoms with Crippen molar-refractivity contribution in [3.8, 4) is 0 Å². The summed E-state index contributed by atoms with van der Waals surface area (Å²) in [7, 11) is 1.79. The van der Waals surface area contributed by atoms with Gasteiger partial charge in [0, 0.05) is 12.6 Å². The maximum absolute atomic E-state index is 9.81. The second-order valence-corrected chi connectivity index (χ2v) is 4.26. The van der Waals surface area contributed by atoms with Gasteiger partial charge in [0.1, 0.15) is 12.2 Å². The van der Waals surface area contributed by atoms with Crippen LogP contribution in [0.2, 0.25) is 0 Å². The van der Waals surface area contributed by atoms with Gasteiger partial charge in [0.2, 0.25) is 0 Å². The highest BCUT2D eigenvalue weighted by atomic mass is 16.5. The summed E-state index contributed by atoms with van der Waals surface area (Å²) in [5.41, 5.74) is 0. The Labute approximate surface area is 90.8 Å². The lowest BCUT2D eigenvalue weighted by atomic mass is 10.1. The molecule has 0 aliphatic carbocycles. The third-order valence-electron chi connectivity index (χ3n) is 2.74. The van der Waals surface area contributed by atoms with Crippen LogP contribution < -0.4 is 10.6 Å². The number of nitrogens with one attached hydrogen (secondary N) is 2. The number of aliphatic hydroxyl groups is 2. The zero-order chi connectivity index (χ0) is 11.4. The molecular weight excluding hydrogens is 196 g/mol. The summed E-state index contributed by atoms with van der Waals surface area (Å²) in [5.74, 6) is 0. The summed E-state index contributed by atoms with van der Waals surface area (Å²) in [6.45, 7) is 4.65. The van der Waals surface area contributed by atoms with Crippen LogP contribution in [0.4, 0.5) is 0 Å². The van der Waals surface area contributed by atoms with Crippen molar-refractivity contribution in [1.29, 1.82) is 0 Å². The van der Waals surface area contributed by atoms with Gasteiger partial charge in [0.25, 0.3) is 0 Å². The zero-order valence-electron chi connectivity index (χ0n) is 9.60. The first-order valence-corrected chi connectivity index (χ1v) is 5.45. The van der Waals surface area contributed by atoms with Crippen LogP contribution in [0.5, 0.6) is 0 Å². The summed E-state index contributed by atoms with van der Waals surface area (Å²) in [5, 5.41) is 25.1. The van der Waals surface area contributed by atoms with Crippen molar-refractivity contribution in [2.45, 2.75) is 44.2 Å². The predicted molar refractivity (Wildman–Crippen MR) is 57.7 cm³/mol. The molecular formula is C10H22N2O3. The Morgan fingerprint density at radius 3 is 2.47 bits per heavy atom. The van der Waals surface area contributed by atoms with Gasteiger partial charge in [-0.25, -0.2) is 0 Å². The number of hydrogen-bond donors (Lipinski definition) is 4. The van der Waals surface area contributed by atoms with Gasteiger partial charge >= 0.3 is 0 Å². The molecule has 15 heavy (non-hydrogen) atoms. The number of rotatable bonds is 5. The second kappa shape index (κ2) is 5.77. The Morgan fingerprint density at radius 2 is 2.00 bits per heavy atom. The third-order valence-corrected chi connectivity index (χ3v) is 2.74. The van der Waals surface area contributed by atoms with Crippen molar-refractivity contribution in [2.75, 3.05) is 20.2 Å². The molecule has 90 valence electrons. The van der Waals surface area contributed by atoms with Crippen molar-refractivity contribution >= 4 is 0 Å². The van der Waals surface area contributed by atoms with Gasteiger partial charge in [-0.05, 0) is 7.05 Å². The molecule has 5 nitrogen and oxygen atoms in total. The summed E-state index contributed by atoms with van der Waals surface area (Å²) in [6.07, 6.45) is -1.20. The Bertz CT molecular complexity index is 190. The van der Waals surface area contributed by atoms with Crippen LogP contribution in [0.15, 0.2) is 0 Å². The largest absolute Gasteiger partial charge is 0.394 e. The van der Waals surface area contributed by atoms with Crippen LogP contribution in [-0.4, -0.2) is 60.8 Å². The lowest BCUT2D eigenvalue weighted by Gasteiger charge is -2.20. The molecule has 1 fully saturated rings. The molecule has 1 aliphatic heterocycles. The first-order chi connectivity index (χ1) is 7.10. The lowest BCUT2D eigenvalue weighted by Crippen LogP contribution is -2.47. The smallest absolute Gasteiger partial charge is 0.108 e. The number of aliphatic hydroxyl groups excluding tert-OH is 2. The SMILES string of the molecule is CNC1C(CNC(C)C)OC(CO)C1O. The molecule has 0 bridgehead atoms. The van der Waals surface area contributed by atoms with E-state index in [0.717, 1.165) is 0 Å². The van der Waals surface area contributed by atoms with E-state index >= 15 is 0 Å². The van der Waals surface area contributed by atoms with Crippen molar-refractivity contribution in [3.63, 3.8) is 0 Å². The minimum Gasteiger partial charge on any atom is -0.394 e. The highest BCUT2D eigenvalue weighted by Gasteiger charge is 2.41. The average Bonchev–Trinajstić information content (AvgIpc) is 2.51. The molecule has 0 aromatic carbocycles. The summed E-state index contributed by atoms with van der Waals surface area (Å²) >= 11 is 0. The van der Waals surface area contributed by atoms with E-state index in [-0.39, 0.29) is 18.8 Å². The molecule has 1 rings (SSSR count). The Morgan fingerprint density at radius 1 is 1.33 bits per heavy atom. The van der Waals surface area contributed by atoms with Crippen LogP contribution in [0.25, 0.3) is 0 Å². The highest BCUT2D eigenvalue weighted by molar-refractivity contribution is 4.95. The van der Waals surface area contributed by atoms with Gasteiger partial charge in [0.05, 0.1) is 18.8 Å². The van der Waals surface area contributed by atoms with Crippen LogP contribution in [0.1, 0.15) is 13.8 Å². The van der Waals surface area contributed by atoms with E-state index in [2.05, 4.69) is 24.5 Å². The van der Waals surface area contributed by atoms with Crippen LogP contribution in [0.3, 0.4) is 0 Å². The normalized spacial score (nSPS) is 36.4. The topological polar surface area (TPSA) is 73.8 Å². The third kappa shape index (κ3) is 3.12. The van der Waals surface area contributed by atoms with Gasteiger partial charge in [-0.2, -0.15) is 0 Å². The molecule has 5 heteroatoms. The van der Waals surface area contributed by atoms with E-state index < -0.39 is 12.2 Å². The highest BCUT2D eigenvalue weighted by Crippen LogP contribution is 2.20. The van der Waals surface area contributed by atoms with Gasteiger partial charge in [-0.1, -0.05) is 13.8 Å². The molecule has 0 amide bonds. The molecule has 4 unspecified atom stereocenters. The molecule has 4 atom stereocenters. The lowest BCUT2D eigenvalue weighted by molar-refractivity contribution is -0.0215. The zero-order valence-corrected chi connectivity index (χ0v) is 9.60. The fourth-order valence-electron chi connectivity index (χ4n) is 1.88.